The van der Waals surface area contributed by atoms with Gasteiger partial charge >= 0.3 is 0 Å². The zero-order valence-electron chi connectivity index (χ0n) is 14.3. The summed E-state index contributed by atoms with van der Waals surface area (Å²) in [6.45, 7) is 2.93. The lowest BCUT2D eigenvalue weighted by atomic mass is 10.0. The number of carbonyl (C=O) groups is 2. The van der Waals surface area contributed by atoms with E-state index in [1.807, 2.05) is 9.80 Å². The summed E-state index contributed by atoms with van der Waals surface area (Å²) < 4.78 is 13.1. The van der Waals surface area contributed by atoms with Crippen molar-refractivity contribution < 1.29 is 14.0 Å². The van der Waals surface area contributed by atoms with Crippen molar-refractivity contribution in [1.29, 1.82) is 0 Å². The van der Waals surface area contributed by atoms with Crippen LogP contribution in [0.1, 0.15) is 19.3 Å². The lowest BCUT2D eigenvalue weighted by molar-refractivity contribution is -0.133. The third-order valence-corrected chi connectivity index (χ3v) is 4.75. The number of carbonyl (C=O) groups excluding carboxylic acids is 2. The van der Waals surface area contributed by atoms with Crippen LogP contribution in [0.5, 0.6) is 0 Å². The van der Waals surface area contributed by atoms with Gasteiger partial charge in [0.25, 0.3) is 0 Å². The Morgan fingerprint density at radius 3 is 2.68 bits per heavy atom. The molecule has 2 amide bonds. The summed E-state index contributed by atoms with van der Waals surface area (Å²) in [5, 5.41) is 2.70. The van der Waals surface area contributed by atoms with Crippen LogP contribution in [-0.2, 0) is 9.59 Å². The van der Waals surface area contributed by atoms with Crippen LogP contribution in [0.25, 0.3) is 0 Å². The summed E-state index contributed by atoms with van der Waals surface area (Å²) in [7, 11) is 0. The minimum absolute atomic E-state index is 0.165. The SMILES string of the molecule is O=C(CN1CCN(C(=O)C[C@H]2C=CCC2)CC1)Nc1cccc(F)c1. The van der Waals surface area contributed by atoms with Gasteiger partial charge in [-0.2, -0.15) is 0 Å². The Bertz CT molecular complexity index is 654. The number of hydrogen-bond donors (Lipinski definition) is 1. The number of piperazine rings is 1. The van der Waals surface area contributed by atoms with E-state index in [0.29, 0.717) is 44.2 Å². The molecule has 0 spiro atoms. The first-order valence-corrected chi connectivity index (χ1v) is 8.82. The van der Waals surface area contributed by atoms with Crippen LogP contribution in [0.4, 0.5) is 10.1 Å². The molecule has 0 aromatic heterocycles. The van der Waals surface area contributed by atoms with Gasteiger partial charge in [0, 0.05) is 38.3 Å². The van der Waals surface area contributed by atoms with Crippen LogP contribution in [0.3, 0.4) is 0 Å². The van der Waals surface area contributed by atoms with Gasteiger partial charge in [-0.3, -0.25) is 14.5 Å². The Kier molecular flexibility index (Phi) is 5.81. The van der Waals surface area contributed by atoms with E-state index in [9.17, 15) is 14.0 Å². The van der Waals surface area contributed by atoms with Crippen molar-refractivity contribution in [2.45, 2.75) is 19.3 Å². The molecule has 0 saturated carbocycles. The zero-order chi connectivity index (χ0) is 17.6. The molecule has 5 nitrogen and oxygen atoms in total. The van der Waals surface area contributed by atoms with Gasteiger partial charge in [-0.1, -0.05) is 18.2 Å². The molecule has 1 aromatic carbocycles. The molecule has 0 radical (unpaired) electrons. The molecule has 1 N–H and O–H groups in total. The standard InChI is InChI=1S/C19H24FN3O2/c20-16-6-3-7-17(13-16)21-18(24)14-22-8-10-23(11-9-22)19(25)12-15-4-1-2-5-15/h1,3-4,6-7,13,15H,2,5,8-12,14H2,(H,21,24)/t15-/m0/s1. The number of rotatable bonds is 5. The van der Waals surface area contributed by atoms with E-state index in [2.05, 4.69) is 17.5 Å². The van der Waals surface area contributed by atoms with Gasteiger partial charge in [-0.25, -0.2) is 4.39 Å². The molecule has 0 bridgehead atoms. The number of halogens is 1. The van der Waals surface area contributed by atoms with Crippen molar-refractivity contribution in [2.24, 2.45) is 5.92 Å². The Labute approximate surface area is 147 Å². The summed E-state index contributed by atoms with van der Waals surface area (Å²) >= 11 is 0. The highest BCUT2D eigenvalue weighted by molar-refractivity contribution is 5.92. The van der Waals surface area contributed by atoms with Gasteiger partial charge in [0.1, 0.15) is 5.82 Å². The first-order valence-electron chi connectivity index (χ1n) is 8.82. The molecule has 1 saturated heterocycles. The largest absolute Gasteiger partial charge is 0.340 e. The van der Waals surface area contributed by atoms with Crippen LogP contribution in [0, 0.1) is 11.7 Å². The summed E-state index contributed by atoms with van der Waals surface area (Å²) in [6, 6.07) is 5.86. The topological polar surface area (TPSA) is 52.7 Å². The monoisotopic (exact) mass is 345 g/mol. The second kappa shape index (κ2) is 8.25. The Morgan fingerprint density at radius 2 is 2.00 bits per heavy atom. The first-order chi connectivity index (χ1) is 12.1. The fourth-order valence-corrected chi connectivity index (χ4v) is 3.34. The maximum atomic E-state index is 13.1. The van der Waals surface area contributed by atoms with Crippen molar-refractivity contribution in [3.63, 3.8) is 0 Å². The average molecular weight is 345 g/mol. The van der Waals surface area contributed by atoms with Crippen LogP contribution in [-0.4, -0.2) is 54.3 Å². The second-order valence-corrected chi connectivity index (χ2v) is 6.69. The normalized spacial score (nSPS) is 20.7. The maximum absolute atomic E-state index is 13.1. The van der Waals surface area contributed by atoms with E-state index < -0.39 is 0 Å². The summed E-state index contributed by atoms with van der Waals surface area (Å²) in [5.41, 5.74) is 0.462. The van der Waals surface area contributed by atoms with Crippen LogP contribution < -0.4 is 5.32 Å². The van der Waals surface area contributed by atoms with E-state index >= 15 is 0 Å². The molecular weight excluding hydrogens is 321 g/mol. The summed E-state index contributed by atoms with van der Waals surface area (Å²) in [6.07, 6.45) is 7.03. The molecule has 1 atom stereocenters. The molecule has 2 aliphatic rings. The highest BCUT2D eigenvalue weighted by Gasteiger charge is 2.24. The van der Waals surface area contributed by atoms with Gasteiger partial charge in [0.15, 0.2) is 0 Å². The predicted molar refractivity (Wildman–Crippen MR) is 94.5 cm³/mol. The van der Waals surface area contributed by atoms with Crippen molar-refractivity contribution in [3.05, 3.63) is 42.2 Å². The molecule has 0 unspecified atom stereocenters. The fourth-order valence-electron chi connectivity index (χ4n) is 3.34. The van der Waals surface area contributed by atoms with E-state index in [1.165, 1.54) is 12.1 Å². The molecule has 134 valence electrons. The lowest BCUT2D eigenvalue weighted by Gasteiger charge is -2.34. The molecule has 1 aliphatic heterocycles. The average Bonchev–Trinajstić information content (AvgIpc) is 3.08. The second-order valence-electron chi connectivity index (χ2n) is 6.69. The van der Waals surface area contributed by atoms with Gasteiger partial charge in [-0.05, 0) is 37.0 Å². The van der Waals surface area contributed by atoms with Gasteiger partial charge < -0.3 is 10.2 Å². The summed E-state index contributed by atoms with van der Waals surface area (Å²) in [4.78, 5) is 28.3. The number of benzene rings is 1. The molecule has 6 heteroatoms. The van der Waals surface area contributed by atoms with Crippen LogP contribution in [0.2, 0.25) is 0 Å². The maximum Gasteiger partial charge on any atom is 0.238 e. The number of hydrogen-bond acceptors (Lipinski definition) is 3. The van der Waals surface area contributed by atoms with Gasteiger partial charge in [0.05, 0.1) is 6.54 Å². The number of anilines is 1. The molecule has 3 rings (SSSR count). The van der Waals surface area contributed by atoms with E-state index in [-0.39, 0.29) is 24.2 Å². The Morgan fingerprint density at radius 1 is 1.20 bits per heavy atom. The van der Waals surface area contributed by atoms with Crippen molar-refractivity contribution in [3.8, 4) is 0 Å². The third kappa shape index (κ3) is 5.13. The minimum atomic E-state index is -0.373. The molecule has 1 heterocycles. The number of amides is 2. The van der Waals surface area contributed by atoms with Gasteiger partial charge in [-0.15, -0.1) is 0 Å². The fraction of sp³-hybridized carbons (Fsp3) is 0.474. The molecule has 1 aromatic rings. The number of allylic oxidation sites excluding steroid dienone is 2. The predicted octanol–water partition coefficient (Wildman–Crippen LogP) is 2.26. The quantitative estimate of drug-likeness (QED) is 0.833. The molecule has 1 aliphatic carbocycles. The molecule has 25 heavy (non-hydrogen) atoms. The van der Waals surface area contributed by atoms with Crippen molar-refractivity contribution in [2.75, 3.05) is 38.0 Å². The van der Waals surface area contributed by atoms with Crippen molar-refractivity contribution in [1.82, 2.24) is 9.80 Å². The first kappa shape index (κ1) is 17.6. The van der Waals surface area contributed by atoms with Crippen LogP contribution in [0.15, 0.2) is 36.4 Å². The lowest BCUT2D eigenvalue weighted by Crippen LogP contribution is -2.50. The smallest absolute Gasteiger partial charge is 0.238 e. The van der Waals surface area contributed by atoms with E-state index in [4.69, 9.17) is 0 Å². The third-order valence-electron chi connectivity index (χ3n) is 4.75. The molecule has 1 fully saturated rings. The highest BCUT2D eigenvalue weighted by atomic mass is 19.1. The summed E-state index contributed by atoms with van der Waals surface area (Å²) in [5.74, 6) is 0.0616. The Balaban J connectivity index is 1.40. The highest BCUT2D eigenvalue weighted by Crippen LogP contribution is 2.21. The zero-order valence-corrected chi connectivity index (χ0v) is 14.3. The van der Waals surface area contributed by atoms with Gasteiger partial charge in [0.2, 0.25) is 11.8 Å². The van der Waals surface area contributed by atoms with E-state index in [0.717, 1.165) is 12.8 Å². The number of nitrogens with one attached hydrogen (secondary N) is 1. The van der Waals surface area contributed by atoms with Crippen molar-refractivity contribution >= 4 is 17.5 Å². The molecular formula is C19H24FN3O2. The Hall–Kier alpha value is -2.21. The minimum Gasteiger partial charge on any atom is -0.340 e. The number of nitrogens with zero attached hydrogens (tertiary/aromatic N) is 2. The van der Waals surface area contributed by atoms with E-state index in [1.54, 1.807) is 12.1 Å². The van der Waals surface area contributed by atoms with Crippen LogP contribution >= 0.6 is 0 Å².